The van der Waals surface area contributed by atoms with Crippen LogP contribution in [0.2, 0.25) is 0 Å². The topological polar surface area (TPSA) is 54.7 Å². The van der Waals surface area contributed by atoms with Crippen LogP contribution in [0.3, 0.4) is 0 Å². The first-order chi connectivity index (χ1) is 6.81. The Balaban J connectivity index is 2.44. The highest BCUT2D eigenvalue weighted by atomic mass is 79.9. The van der Waals surface area contributed by atoms with Crippen LogP contribution in [-0.2, 0) is 6.54 Å². The zero-order valence-electron chi connectivity index (χ0n) is 7.50. The second-order valence-corrected chi connectivity index (χ2v) is 3.90. The fourth-order valence-electron chi connectivity index (χ4n) is 1.33. The van der Waals surface area contributed by atoms with E-state index in [1.54, 1.807) is 6.20 Å². The number of aromatic nitrogens is 2. The number of nitrogens with zero attached hydrogens (tertiary/aromatic N) is 1. The predicted octanol–water partition coefficient (Wildman–Crippen LogP) is 2.30. The summed E-state index contributed by atoms with van der Waals surface area (Å²) < 4.78 is 1.06. The lowest BCUT2D eigenvalue weighted by molar-refractivity contribution is 1.08. The van der Waals surface area contributed by atoms with Gasteiger partial charge in [-0.05, 0) is 17.7 Å². The fourth-order valence-corrected chi connectivity index (χ4v) is 1.60. The summed E-state index contributed by atoms with van der Waals surface area (Å²) in [4.78, 5) is 0. The quantitative estimate of drug-likeness (QED) is 0.861. The van der Waals surface area contributed by atoms with Crippen LogP contribution in [0.1, 0.15) is 5.56 Å². The summed E-state index contributed by atoms with van der Waals surface area (Å²) in [5.41, 5.74) is 8.73. The number of rotatable bonds is 2. The van der Waals surface area contributed by atoms with Crippen LogP contribution < -0.4 is 5.73 Å². The smallest absolute Gasteiger partial charge is 0.0695 e. The van der Waals surface area contributed by atoms with E-state index in [1.807, 2.05) is 24.3 Å². The summed E-state index contributed by atoms with van der Waals surface area (Å²) in [7, 11) is 0. The van der Waals surface area contributed by atoms with Gasteiger partial charge in [-0.15, -0.1) is 0 Å². The van der Waals surface area contributed by atoms with Crippen LogP contribution >= 0.6 is 15.9 Å². The summed E-state index contributed by atoms with van der Waals surface area (Å²) in [5.74, 6) is 0. The van der Waals surface area contributed by atoms with Crippen molar-refractivity contribution in [3.05, 3.63) is 40.5 Å². The summed E-state index contributed by atoms with van der Waals surface area (Å²) in [5, 5.41) is 6.92. The van der Waals surface area contributed by atoms with Gasteiger partial charge in [0, 0.05) is 16.6 Å². The highest BCUT2D eigenvalue weighted by molar-refractivity contribution is 9.10. The third kappa shape index (κ3) is 1.71. The molecular weight excluding hydrogens is 242 g/mol. The van der Waals surface area contributed by atoms with Crippen molar-refractivity contribution >= 4 is 15.9 Å². The van der Waals surface area contributed by atoms with E-state index in [1.165, 1.54) is 0 Å². The minimum absolute atomic E-state index is 0.502. The normalized spacial score (nSPS) is 10.4. The van der Waals surface area contributed by atoms with Crippen molar-refractivity contribution < 1.29 is 0 Å². The van der Waals surface area contributed by atoms with Crippen LogP contribution in [0, 0.1) is 0 Å². The molecule has 0 radical (unpaired) electrons. The summed E-state index contributed by atoms with van der Waals surface area (Å²) in [6.45, 7) is 0.502. The molecule has 1 heterocycles. The standard InChI is InChI=1S/C10H10BrN3/c11-9-3-1-7(2-4-9)10-8(5-12)6-13-14-10/h1-4,6H,5,12H2,(H,13,14). The van der Waals surface area contributed by atoms with Gasteiger partial charge in [0.1, 0.15) is 0 Å². The third-order valence-electron chi connectivity index (χ3n) is 2.07. The zero-order valence-corrected chi connectivity index (χ0v) is 9.08. The molecule has 2 aromatic rings. The fraction of sp³-hybridized carbons (Fsp3) is 0.100. The monoisotopic (exact) mass is 251 g/mol. The maximum atomic E-state index is 5.59. The van der Waals surface area contributed by atoms with E-state index in [9.17, 15) is 0 Å². The van der Waals surface area contributed by atoms with Crippen molar-refractivity contribution in [3.63, 3.8) is 0 Å². The first-order valence-electron chi connectivity index (χ1n) is 4.29. The highest BCUT2D eigenvalue weighted by Gasteiger charge is 2.05. The van der Waals surface area contributed by atoms with Crippen LogP contribution in [0.25, 0.3) is 11.3 Å². The van der Waals surface area contributed by atoms with Crippen molar-refractivity contribution in [2.75, 3.05) is 0 Å². The molecule has 2 rings (SSSR count). The van der Waals surface area contributed by atoms with Gasteiger partial charge >= 0.3 is 0 Å². The first-order valence-corrected chi connectivity index (χ1v) is 5.09. The van der Waals surface area contributed by atoms with Crippen LogP contribution in [0.4, 0.5) is 0 Å². The average Bonchev–Trinajstić information content (AvgIpc) is 2.67. The number of benzene rings is 1. The largest absolute Gasteiger partial charge is 0.326 e. The molecule has 0 saturated heterocycles. The minimum atomic E-state index is 0.502. The second kappa shape index (κ2) is 3.94. The van der Waals surface area contributed by atoms with E-state index in [0.717, 1.165) is 21.3 Å². The van der Waals surface area contributed by atoms with E-state index in [-0.39, 0.29) is 0 Å². The van der Waals surface area contributed by atoms with Gasteiger partial charge in [0.05, 0.1) is 11.9 Å². The number of H-pyrrole nitrogens is 1. The third-order valence-corrected chi connectivity index (χ3v) is 2.60. The SMILES string of the molecule is NCc1cn[nH]c1-c1ccc(Br)cc1. The van der Waals surface area contributed by atoms with Crippen molar-refractivity contribution in [1.29, 1.82) is 0 Å². The van der Waals surface area contributed by atoms with E-state index in [0.29, 0.717) is 6.54 Å². The first kappa shape index (κ1) is 9.43. The number of nitrogens with two attached hydrogens (primary N) is 1. The lowest BCUT2D eigenvalue weighted by atomic mass is 10.1. The Morgan fingerprint density at radius 2 is 2.00 bits per heavy atom. The molecule has 3 N–H and O–H groups in total. The van der Waals surface area contributed by atoms with Gasteiger partial charge < -0.3 is 5.73 Å². The Kier molecular flexibility index (Phi) is 2.65. The summed E-state index contributed by atoms with van der Waals surface area (Å²) in [6.07, 6.45) is 1.76. The molecular formula is C10H10BrN3. The molecule has 1 aromatic carbocycles. The lowest BCUT2D eigenvalue weighted by Crippen LogP contribution is -1.96. The van der Waals surface area contributed by atoms with Gasteiger partial charge in [0.2, 0.25) is 0 Å². The van der Waals surface area contributed by atoms with E-state index < -0.39 is 0 Å². The number of hydrogen-bond acceptors (Lipinski definition) is 2. The molecule has 0 fully saturated rings. The highest BCUT2D eigenvalue weighted by Crippen LogP contribution is 2.22. The number of nitrogens with one attached hydrogen (secondary N) is 1. The predicted molar refractivity (Wildman–Crippen MR) is 59.6 cm³/mol. The Labute approximate surface area is 90.5 Å². The number of halogens is 1. The van der Waals surface area contributed by atoms with Gasteiger partial charge in [0.25, 0.3) is 0 Å². The van der Waals surface area contributed by atoms with E-state index >= 15 is 0 Å². The molecule has 0 saturated carbocycles. The van der Waals surface area contributed by atoms with Crippen molar-refractivity contribution in [2.45, 2.75) is 6.54 Å². The maximum absolute atomic E-state index is 5.59. The van der Waals surface area contributed by atoms with Gasteiger partial charge in [-0.2, -0.15) is 5.10 Å². The minimum Gasteiger partial charge on any atom is -0.326 e. The Morgan fingerprint density at radius 1 is 1.29 bits per heavy atom. The molecule has 72 valence electrons. The molecule has 0 spiro atoms. The summed E-state index contributed by atoms with van der Waals surface area (Å²) in [6, 6.07) is 8.04. The number of aromatic amines is 1. The van der Waals surface area contributed by atoms with Gasteiger partial charge in [-0.1, -0.05) is 28.1 Å². The molecule has 1 aromatic heterocycles. The van der Waals surface area contributed by atoms with Crippen molar-refractivity contribution in [3.8, 4) is 11.3 Å². The molecule has 0 aliphatic carbocycles. The molecule has 0 aliphatic heterocycles. The molecule has 3 nitrogen and oxygen atoms in total. The Morgan fingerprint density at radius 3 is 2.64 bits per heavy atom. The number of hydrogen-bond donors (Lipinski definition) is 2. The second-order valence-electron chi connectivity index (χ2n) is 2.98. The molecule has 0 atom stereocenters. The molecule has 0 aliphatic rings. The Hall–Kier alpha value is -1.13. The van der Waals surface area contributed by atoms with Crippen LogP contribution in [0.15, 0.2) is 34.9 Å². The van der Waals surface area contributed by atoms with Crippen LogP contribution in [0.5, 0.6) is 0 Å². The van der Waals surface area contributed by atoms with E-state index in [2.05, 4.69) is 26.1 Å². The molecule has 14 heavy (non-hydrogen) atoms. The molecule has 0 bridgehead atoms. The maximum Gasteiger partial charge on any atom is 0.0695 e. The Bertz CT molecular complexity index is 419. The summed E-state index contributed by atoms with van der Waals surface area (Å²) >= 11 is 3.39. The van der Waals surface area contributed by atoms with Crippen molar-refractivity contribution in [1.82, 2.24) is 10.2 Å². The van der Waals surface area contributed by atoms with Crippen LogP contribution in [-0.4, -0.2) is 10.2 Å². The average molecular weight is 252 g/mol. The molecule has 0 unspecified atom stereocenters. The molecule has 0 amide bonds. The van der Waals surface area contributed by atoms with Gasteiger partial charge in [0.15, 0.2) is 0 Å². The van der Waals surface area contributed by atoms with Gasteiger partial charge in [-0.3, -0.25) is 5.10 Å². The van der Waals surface area contributed by atoms with Gasteiger partial charge in [-0.25, -0.2) is 0 Å². The zero-order chi connectivity index (χ0) is 9.97. The van der Waals surface area contributed by atoms with E-state index in [4.69, 9.17) is 5.73 Å². The lowest BCUT2D eigenvalue weighted by Gasteiger charge is -2.00. The van der Waals surface area contributed by atoms with Crippen molar-refractivity contribution in [2.24, 2.45) is 5.73 Å². The molecule has 4 heteroatoms.